The van der Waals surface area contributed by atoms with Crippen LogP contribution in [0.3, 0.4) is 0 Å². The van der Waals surface area contributed by atoms with E-state index < -0.39 is 0 Å². The van der Waals surface area contributed by atoms with Crippen LogP contribution in [0, 0.1) is 0 Å². The van der Waals surface area contributed by atoms with E-state index in [-0.39, 0.29) is 0 Å². The first-order valence-corrected chi connectivity index (χ1v) is 6.01. The van der Waals surface area contributed by atoms with Gasteiger partial charge in [-0.15, -0.1) is 0 Å². The molecule has 1 unspecified atom stereocenters. The van der Waals surface area contributed by atoms with E-state index >= 15 is 0 Å². The molecule has 1 saturated heterocycles. The van der Waals surface area contributed by atoms with Crippen LogP contribution < -0.4 is 10.5 Å². The molecule has 2 heterocycles. The second-order valence-electron chi connectivity index (χ2n) is 3.33. The maximum atomic E-state index is 5.76. The van der Waals surface area contributed by atoms with Gasteiger partial charge >= 0.3 is 0 Å². The largest absolute Gasteiger partial charge is 0.486 e. The summed E-state index contributed by atoms with van der Waals surface area (Å²) in [6.07, 6.45) is 5.19. The second kappa shape index (κ2) is 4.70. The molecule has 14 heavy (non-hydrogen) atoms. The van der Waals surface area contributed by atoms with E-state index in [9.17, 15) is 0 Å². The third-order valence-electron chi connectivity index (χ3n) is 2.16. The molecule has 1 atom stereocenters. The fourth-order valence-corrected chi connectivity index (χ4v) is 2.55. The summed E-state index contributed by atoms with van der Waals surface area (Å²) in [6, 6.07) is 0. The van der Waals surface area contributed by atoms with Gasteiger partial charge in [-0.25, -0.2) is 0 Å². The van der Waals surface area contributed by atoms with E-state index in [4.69, 9.17) is 10.5 Å². The van der Waals surface area contributed by atoms with Crippen LogP contribution in [0.2, 0.25) is 0 Å². The number of nitrogens with two attached hydrogens (primary N) is 1. The van der Waals surface area contributed by atoms with Crippen LogP contribution in [0.15, 0.2) is 12.4 Å². The summed E-state index contributed by atoms with van der Waals surface area (Å²) in [7, 11) is 0. The number of thioether (sulfide) groups is 1. The third-order valence-corrected chi connectivity index (χ3v) is 3.29. The maximum Gasteiger partial charge on any atom is 0.157 e. The average Bonchev–Trinajstić information content (AvgIpc) is 2.79. The number of ether oxygens (including phenoxy) is 1. The van der Waals surface area contributed by atoms with E-state index in [2.05, 4.69) is 5.10 Å². The zero-order valence-corrected chi connectivity index (χ0v) is 8.87. The van der Waals surface area contributed by atoms with Crippen LogP contribution in [-0.2, 0) is 6.54 Å². The van der Waals surface area contributed by atoms with E-state index in [0.29, 0.717) is 12.6 Å². The number of aromatic nitrogens is 2. The van der Waals surface area contributed by atoms with Crippen molar-refractivity contribution in [2.45, 2.75) is 19.1 Å². The van der Waals surface area contributed by atoms with Gasteiger partial charge in [-0.2, -0.15) is 16.9 Å². The van der Waals surface area contributed by atoms with Crippen LogP contribution in [-0.4, -0.2) is 33.9 Å². The van der Waals surface area contributed by atoms with Gasteiger partial charge in [0.1, 0.15) is 6.10 Å². The third kappa shape index (κ3) is 2.42. The smallest absolute Gasteiger partial charge is 0.157 e. The Morgan fingerprint density at radius 2 is 2.64 bits per heavy atom. The molecule has 5 heteroatoms. The van der Waals surface area contributed by atoms with Crippen molar-refractivity contribution in [3.05, 3.63) is 12.4 Å². The molecule has 1 fully saturated rings. The lowest BCUT2D eigenvalue weighted by atomic mass is 10.3. The van der Waals surface area contributed by atoms with Crippen LogP contribution in [0.25, 0.3) is 0 Å². The normalized spacial score (nSPS) is 21.4. The van der Waals surface area contributed by atoms with Crippen molar-refractivity contribution in [2.75, 3.05) is 18.1 Å². The van der Waals surface area contributed by atoms with E-state index in [1.165, 1.54) is 5.75 Å². The Balaban J connectivity index is 1.88. The van der Waals surface area contributed by atoms with Crippen LogP contribution in [0.5, 0.6) is 5.75 Å². The van der Waals surface area contributed by atoms with Crippen molar-refractivity contribution in [3.8, 4) is 5.75 Å². The maximum absolute atomic E-state index is 5.76. The molecule has 0 bridgehead atoms. The molecular formula is C9H15N3OS. The zero-order chi connectivity index (χ0) is 9.80. The molecule has 0 aliphatic carbocycles. The summed E-state index contributed by atoms with van der Waals surface area (Å²) in [5.74, 6) is 3.18. The lowest BCUT2D eigenvalue weighted by Crippen LogP contribution is -2.14. The minimum atomic E-state index is 0.371. The molecule has 0 spiro atoms. The van der Waals surface area contributed by atoms with Gasteiger partial charge < -0.3 is 10.5 Å². The van der Waals surface area contributed by atoms with Crippen LogP contribution in [0.1, 0.15) is 6.42 Å². The molecule has 0 amide bonds. The second-order valence-corrected chi connectivity index (χ2v) is 4.48. The Hall–Kier alpha value is -0.680. The Morgan fingerprint density at radius 3 is 3.36 bits per heavy atom. The quantitative estimate of drug-likeness (QED) is 0.801. The number of hydrogen-bond acceptors (Lipinski definition) is 4. The fourth-order valence-electron chi connectivity index (χ4n) is 1.46. The van der Waals surface area contributed by atoms with Crippen molar-refractivity contribution >= 4 is 11.8 Å². The molecule has 1 aromatic rings. The summed E-state index contributed by atoms with van der Waals surface area (Å²) in [5.41, 5.74) is 5.43. The van der Waals surface area contributed by atoms with Gasteiger partial charge in [0.15, 0.2) is 5.75 Å². The highest BCUT2D eigenvalue weighted by Gasteiger charge is 2.17. The molecule has 0 aromatic carbocycles. The standard InChI is InChI=1S/C9H15N3OS/c10-2-3-12-6-9(5-11-12)13-8-1-4-14-7-8/h5-6,8H,1-4,7,10H2. The van der Waals surface area contributed by atoms with E-state index in [1.807, 2.05) is 22.6 Å². The molecule has 78 valence electrons. The summed E-state index contributed by atoms with van der Waals surface area (Å²) in [5, 5.41) is 4.15. The molecule has 2 N–H and O–H groups in total. The SMILES string of the molecule is NCCn1cc(OC2CCSC2)cn1. The topological polar surface area (TPSA) is 53.1 Å². The van der Waals surface area contributed by atoms with Crippen molar-refractivity contribution in [1.82, 2.24) is 9.78 Å². The van der Waals surface area contributed by atoms with Gasteiger partial charge in [0.05, 0.1) is 18.9 Å². The highest BCUT2D eigenvalue weighted by molar-refractivity contribution is 7.99. The molecule has 4 nitrogen and oxygen atoms in total. The van der Waals surface area contributed by atoms with Crippen molar-refractivity contribution in [1.29, 1.82) is 0 Å². The van der Waals surface area contributed by atoms with Gasteiger partial charge in [0.2, 0.25) is 0 Å². The lowest BCUT2D eigenvalue weighted by Gasteiger charge is -2.09. The van der Waals surface area contributed by atoms with Crippen molar-refractivity contribution in [2.24, 2.45) is 5.73 Å². The van der Waals surface area contributed by atoms with Gasteiger partial charge in [0.25, 0.3) is 0 Å². The number of hydrogen-bond donors (Lipinski definition) is 1. The van der Waals surface area contributed by atoms with Crippen molar-refractivity contribution in [3.63, 3.8) is 0 Å². The minimum absolute atomic E-state index is 0.371. The molecule has 2 rings (SSSR count). The molecule has 1 aliphatic rings. The predicted octanol–water partition coefficient (Wildman–Crippen LogP) is 0.726. The summed E-state index contributed by atoms with van der Waals surface area (Å²) >= 11 is 1.95. The van der Waals surface area contributed by atoms with Crippen LogP contribution in [0.4, 0.5) is 0 Å². The first kappa shape index (κ1) is 9.86. The molecule has 1 aromatic heterocycles. The molecule has 1 aliphatic heterocycles. The Labute approximate surface area is 87.8 Å². The fraction of sp³-hybridized carbons (Fsp3) is 0.667. The Bertz CT molecular complexity index is 283. The minimum Gasteiger partial charge on any atom is -0.486 e. The van der Waals surface area contributed by atoms with Gasteiger partial charge in [0, 0.05) is 12.3 Å². The molecule has 0 radical (unpaired) electrons. The van der Waals surface area contributed by atoms with Crippen LogP contribution >= 0.6 is 11.8 Å². The van der Waals surface area contributed by atoms with Gasteiger partial charge in [-0.3, -0.25) is 4.68 Å². The summed E-state index contributed by atoms with van der Waals surface area (Å²) in [4.78, 5) is 0. The lowest BCUT2D eigenvalue weighted by molar-refractivity contribution is 0.229. The van der Waals surface area contributed by atoms with Gasteiger partial charge in [-0.1, -0.05) is 0 Å². The van der Waals surface area contributed by atoms with E-state index in [1.54, 1.807) is 6.20 Å². The van der Waals surface area contributed by atoms with E-state index in [0.717, 1.165) is 24.5 Å². The van der Waals surface area contributed by atoms with Gasteiger partial charge in [-0.05, 0) is 12.2 Å². The predicted molar refractivity (Wildman–Crippen MR) is 57.6 cm³/mol. The highest BCUT2D eigenvalue weighted by Crippen LogP contribution is 2.22. The highest BCUT2D eigenvalue weighted by atomic mass is 32.2. The summed E-state index contributed by atoms with van der Waals surface area (Å²) < 4.78 is 7.57. The monoisotopic (exact) mass is 213 g/mol. The number of nitrogens with zero attached hydrogens (tertiary/aromatic N) is 2. The number of rotatable bonds is 4. The zero-order valence-electron chi connectivity index (χ0n) is 8.06. The Morgan fingerprint density at radius 1 is 1.71 bits per heavy atom. The van der Waals surface area contributed by atoms with Crippen molar-refractivity contribution < 1.29 is 4.74 Å². The average molecular weight is 213 g/mol. The summed E-state index contributed by atoms with van der Waals surface area (Å²) in [6.45, 7) is 1.36. The molecular weight excluding hydrogens is 198 g/mol. The molecule has 0 saturated carbocycles. The Kier molecular flexibility index (Phi) is 3.31. The first-order chi connectivity index (χ1) is 6.88. The first-order valence-electron chi connectivity index (χ1n) is 4.85.